The molecule has 2 aliphatic heterocycles. The highest BCUT2D eigenvalue weighted by Crippen LogP contribution is 2.27. The molecule has 2 aliphatic rings. The maximum Gasteiger partial charge on any atom is 0.335 e. The number of benzene rings is 2. The van der Waals surface area contributed by atoms with E-state index in [2.05, 4.69) is 20.6 Å². The van der Waals surface area contributed by atoms with Gasteiger partial charge < -0.3 is 35.8 Å². The van der Waals surface area contributed by atoms with Crippen LogP contribution in [0.5, 0.6) is 11.5 Å². The molecule has 0 spiro atoms. The number of amides is 2. The van der Waals surface area contributed by atoms with Crippen molar-refractivity contribution in [3.63, 3.8) is 0 Å². The lowest BCUT2D eigenvalue weighted by atomic mass is 10.1. The number of nitrogen functional groups attached to an aromatic ring is 1. The Labute approximate surface area is 217 Å². The van der Waals surface area contributed by atoms with E-state index in [1.54, 1.807) is 30.5 Å². The molecule has 3 aromatic rings. The lowest BCUT2D eigenvalue weighted by Crippen LogP contribution is -2.44. The average Bonchev–Trinajstić information content (AvgIpc) is 3.29. The molecule has 2 amide bonds. The molecule has 0 radical (unpaired) electrons. The summed E-state index contributed by atoms with van der Waals surface area (Å²) in [7, 11) is 0. The number of anilines is 2. The number of hydrogen-bond acceptors (Lipinski definition) is 9. The minimum atomic E-state index is -1.19. The number of carboxylic acids is 1. The zero-order valence-corrected chi connectivity index (χ0v) is 20.3. The molecular weight excluding hydrogens is 492 g/mol. The van der Waals surface area contributed by atoms with E-state index in [1.165, 1.54) is 18.2 Å². The summed E-state index contributed by atoms with van der Waals surface area (Å²) in [6.07, 6.45) is 1.25. The Bertz CT molecular complexity index is 1380. The zero-order valence-electron chi connectivity index (χ0n) is 20.3. The number of nitrogens with zero attached hydrogens (tertiary/aromatic N) is 3. The summed E-state index contributed by atoms with van der Waals surface area (Å²) >= 11 is 0. The Kier molecular flexibility index (Phi) is 7.05. The number of rotatable bonds is 2. The van der Waals surface area contributed by atoms with E-state index in [1.807, 2.05) is 11.0 Å². The highest BCUT2D eigenvalue weighted by atomic mass is 16.5. The maximum atomic E-state index is 12.8. The Morgan fingerprint density at radius 2 is 1.97 bits per heavy atom. The van der Waals surface area contributed by atoms with Gasteiger partial charge >= 0.3 is 5.97 Å². The van der Waals surface area contributed by atoms with Crippen LogP contribution < -0.4 is 26.0 Å². The van der Waals surface area contributed by atoms with Gasteiger partial charge in [-0.1, -0.05) is 12.1 Å². The number of aromatic carboxylic acids is 1. The molecule has 12 nitrogen and oxygen atoms in total. The smallest absolute Gasteiger partial charge is 0.335 e. The third-order valence-electron chi connectivity index (χ3n) is 6.25. The van der Waals surface area contributed by atoms with Crippen LogP contribution in [0.1, 0.15) is 32.7 Å². The fourth-order valence-corrected chi connectivity index (χ4v) is 4.43. The lowest BCUT2D eigenvalue weighted by molar-refractivity contribution is -0.122. The third kappa shape index (κ3) is 5.81. The number of nitrogens with one attached hydrogen (secondary N) is 2. The summed E-state index contributed by atoms with van der Waals surface area (Å²) in [5.74, 6) is -0.524. The van der Waals surface area contributed by atoms with Crippen LogP contribution in [0, 0.1) is 0 Å². The minimum absolute atomic E-state index is 0.0260. The average molecular weight is 519 g/mol. The summed E-state index contributed by atoms with van der Waals surface area (Å²) in [6.45, 7) is 1.22. The Morgan fingerprint density at radius 1 is 1.11 bits per heavy atom. The molecule has 1 aromatic heterocycles. The molecule has 0 unspecified atom stereocenters. The van der Waals surface area contributed by atoms with Crippen LogP contribution in [0.25, 0.3) is 0 Å². The SMILES string of the molecule is Nc1nccc(N2C[C@@H]3NC(=O)CCNC(=O)c4cc(cc(C(=O)O)c4)Oc4cccc(c4)CO[C@H]3C2)n1. The number of aromatic nitrogens is 2. The van der Waals surface area contributed by atoms with E-state index in [0.29, 0.717) is 24.7 Å². The highest BCUT2D eigenvalue weighted by Gasteiger charge is 2.35. The molecule has 12 heteroatoms. The van der Waals surface area contributed by atoms with Crippen molar-refractivity contribution in [1.29, 1.82) is 0 Å². The number of carboxylic acid groups (broad SMARTS) is 1. The number of carbonyl (C=O) groups excluding carboxylic acids is 2. The zero-order chi connectivity index (χ0) is 26.6. The van der Waals surface area contributed by atoms with Gasteiger partial charge in [0.2, 0.25) is 11.9 Å². The van der Waals surface area contributed by atoms with Crippen LogP contribution in [-0.4, -0.2) is 64.6 Å². The van der Waals surface area contributed by atoms with Crippen LogP contribution >= 0.6 is 0 Å². The monoisotopic (exact) mass is 518 g/mol. The quantitative estimate of drug-likeness (QED) is 0.391. The Balaban J connectivity index is 1.42. The summed E-state index contributed by atoms with van der Waals surface area (Å²) in [6, 6.07) is 12.7. The first kappa shape index (κ1) is 25.0. The predicted molar refractivity (Wildman–Crippen MR) is 136 cm³/mol. The van der Waals surface area contributed by atoms with Gasteiger partial charge in [0.25, 0.3) is 5.91 Å². The largest absolute Gasteiger partial charge is 0.478 e. The third-order valence-corrected chi connectivity index (χ3v) is 6.25. The molecule has 3 heterocycles. The molecule has 4 bridgehead atoms. The first-order chi connectivity index (χ1) is 18.3. The van der Waals surface area contributed by atoms with Crippen molar-refractivity contribution in [3.05, 3.63) is 71.4 Å². The molecule has 38 heavy (non-hydrogen) atoms. The maximum absolute atomic E-state index is 12.8. The minimum Gasteiger partial charge on any atom is -0.478 e. The fourth-order valence-electron chi connectivity index (χ4n) is 4.43. The second-order valence-electron chi connectivity index (χ2n) is 9.01. The van der Waals surface area contributed by atoms with Crippen molar-refractivity contribution in [2.75, 3.05) is 30.3 Å². The normalized spacial score (nSPS) is 19.9. The van der Waals surface area contributed by atoms with Crippen molar-refractivity contribution < 1.29 is 29.0 Å². The lowest BCUT2D eigenvalue weighted by Gasteiger charge is -2.20. The Morgan fingerprint density at radius 3 is 2.79 bits per heavy atom. The summed E-state index contributed by atoms with van der Waals surface area (Å²) in [5, 5.41) is 15.2. The van der Waals surface area contributed by atoms with E-state index < -0.39 is 11.9 Å². The van der Waals surface area contributed by atoms with E-state index >= 15 is 0 Å². The molecule has 0 aliphatic carbocycles. The second kappa shape index (κ2) is 10.7. The number of carbonyl (C=O) groups is 3. The predicted octanol–water partition coefficient (Wildman–Crippen LogP) is 1.57. The van der Waals surface area contributed by atoms with Crippen molar-refractivity contribution in [1.82, 2.24) is 20.6 Å². The van der Waals surface area contributed by atoms with E-state index in [0.717, 1.165) is 5.56 Å². The molecule has 5 rings (SSSR count). The first-order valence-electron chi connectivity index (χ1n) is 12.0. The Hall–Kier alpha value is -4.71. The number of ether oxygens (including phenoxy) is 2. The van der Waals surface area contributed by atoms with Gasteiger partial charge in [-0.25, -0.2) is 9.78 Å². The van der Waals surface area contributed by atoms with Crippen molar-refractivity contribution >= 4 is 29.5 Å². The van der Waals surface area contributed by atoms with Gasteiger partial charge in [0, 0.05) is 37.8 Å². The molecular formula is C26H26N6O6. The summed E-state index contributed by atoms with van der Waals surface area (Å²) in [4.78, 5) is 47.3. The van der Waals surface area contributed by atoms with Crippen molar-refractivity contribution in [2.24, 2.45) is 0 Å². The number of hydrogen-bond donors (Lipinski definition) is 4. The molecule has 1 fully saturated rings. The first-order valence-corrected chi connectivity index (χ1v) is 12.0. The van der Waals surface area contributed by atoms with Crippen LogP contribution in [0.3, 0.4) is 0 Å². The van der Waals surface area contributed by atoms with Gasteiger partial charge in [-0.2, -0.15) is 4.98 Å². The molecule has 0 saturated carbocycles. The van der Waals surface area contributed by atoms with Gasteiger partial charge in [-0.05, 0) is 42.0 Å². The molecule has 2 aromatic carbocycles. The topological polar surface area (TPSA) is 169 Å². The van der Waals surface area contributed by atoms with E-state index in [-0.39, 0.29) is 60.5 Å². The van der Waals surface area contributed by atoms with Crippen molar-refractivity contribution in [3.8, 4) is 11.5 Å². The van der Waals surface area contributed by atoms with Gasteiger partial charge in [-0.3, -0.25) is 9.59 Å². The van der Waals surface area contributed by atoms with Crippen LogP contribution in [0.15, 0.2) is 54.7 Å². The van der Waals surface area contributed by atoms with Gasteiger partial charge in [-0.15, -0.1) is 0 Å². The van der Waals surface area contributed by atoms with Crippen LogP contribution in [0.2, 0.25) is 0 Å². The van der Waals surface area contributed by atoms with E-state index in [4.69, 9.17) is 15.2 Å². The number of nitrogens with two attached hydrogens (primary N) is 1. The summed E-state index contributed by atoms with van der Waals surface area (Å²) in [5.41, 5.74) is 6.59. The van der Waals surface area contributed by atoms with Gasteiger partial charge in [0.15, 0.2) is 0 Å². The molecule has 1 saturated heterocycles. The second-order valence-corrected chi connectivity index (χ2v) is 9.01. The standard InChI is InChI=1S/C26H26N6O6/c27-26-29-6-4-22(31-26)32-12-20-21(13-32)37-14-15-2-1-3-18(8-15)38-19-10-16(9-17(11-19)25(35)36)24(34)28-7-5-23(33)30-20/h1-4,6,8-11,20-21H,5,7,12-14H2,(H,28,34)(H,30,33)(H,35,36)(H2,27,29,31)/t20-,21-/m0/s1. The molecule has 5 N–H and O–H groups in total. The van der Waals surface area contributed by atoms with Gasteiger partial charge in [0.1, 0.15) is 17.3 Å². The van der Waals surface area contributed by atoms with Crippen LogP contribution in [0.4, 0.5) is 11.8 Å². The van der Waals surface area contributed by atoms with Crippen molar-refractivity contribution in [2.45, 2.75) is 25.2 Å². The molecule has 196 valence electrons. The number of fused-ring (bicyclic) bond motifs is 5. The highest BCUT2D eigenvalue weighted by molar-refractivity contribution is 5.98. The molecule has 2 atom stereocenters. The van der Waals surface area contributed by atoms with Crippen LogP contribution in [-0.2, 0) is 16.1 Å². The fraction of sp³-hybridized carbons (Fsp3) is 0.269. The van der Waals surface area contributed by atoms with E-state index in [9.17, 15) is 19.5 Å². The van der Waals surface area contributed by atoms with Gasteiger partial charge in [0.05, 0.1) is 24.3 Å². The summed E-state index contributed by atoms with van der Waals surface area (Å²) < 4.78 is 12.2.